The van der Waals surface area contributed by atoms with Gasteiger partial charge in [0.25, 0.3) is 0 Å². The van der Waals surface area contributed by atoms with Crippen molar-refractivity contribution in [3.8, 4) is 17.1 Å². The minimum absolute atomic E-state index is 0.351. The van der Waals surface area contributed by atoms with Crippen LogP contribution in [0.1, 0.15) is 11.4 Å². The number of anilines is 1. The maximum atomic E-state index is 14.6. The highest BCUT2D eigenvalue weighted by molar-refractivity contribution is 7.98. The zero-order valence-electron chi connectivity index (χ0n) is 17.2. The number of fused-ring (bicyclic) bond motifs is 1. The fourth-order valence-corrected chi connectivity index (χ4v) is 4.26. The summed E-state index contributed by atoms with van der Waals surface area (Å²) in [6.07, 6.45) is 0. The number of nitrogen functional groups attached to an aromatic ring is 1. The quantitative estimate of drug-likeness (QED) is 0.377. The van der Waals surface area contributed by atoms with Gasteiger partial charge < -0.3 is 5.73 Å². The van der Waals surface area contributed by atoms with Crippen LogP contribution in [0.4, 0.5) is 10.2 Å². The Morgan fingerprint density at radius 1 is 0.906 bits per heavy atom. The molecule has 8 heteroatoms. The Hall–Kier alpha value is -3.78. The van der Waals surface area contributed by atoms with Crippen molar-refractivity contribution in [3.63, 3.8) is 0 Å². The molecule has 2 heterocycles. The number of nitrogens with two attached hydrogens (primary N) is 1. The predicted octanol–water partition coefficient (Wildman–Crippen LogP) is 5.20. The van der Waals surface area contributed by atoms with Crippen LogP contribution in [0.3, 0.4) is 0 Å². The van der Waals surface area contributed by atoms with E-state index in [2.05, 4.69) is 20.2 Å². The number of aryl methyl sites for hydroxylation is 1. The lowest BCUT2D eigenvalue weighted by Gasteiger charge is -2.11. The van der Waals surface area contributed by atoms with E-state index in [1.165, 1.54) is 17.8 Å². The molecule has 158 valence electrons. The normalized spacial score (nSPS) is 11.2. The van der Waals surface area contributed by atoms with E-state index in [9.17, 15) is 4.39 Å². The summed E-state index contributed by atoms with van der Waals surface area (Å²) in [5.41, 5.74) is 9.28. The molecule has 0 bridgehead atoms. The molecule has 6 nitrogen and oxygen atoms in total. The number of benzene rings is 3. The van der Waals surface area contributed by atoms with Crippen molar-refractivity contribution < 1.29 is 4.39 Å². The van der Waals surface area contributed by atoms with Gasteiger partial charge >= 0.3 is 0 Å². The van der Waals surface area contributed by atoms with Gasteiger partial charge in [0.2, 0.25) is 0 Å². The summed E-state index contributed by atoms with van der Waals surface area (Å²) in [6.45, 7) is 2.02. The third kappa shape index (κ3) is 3.80. The molecule has 0 aliphatic rings. The molecule has 0 radical (unpaired) electrons. The molecule has 2 N–H and O–H groups in total. The second-order valence-electron chi connectivity index (χ2n) is 7.29. The molecule has 0 saturated heterocycles. The summed E-state index contributed by atoms with van der Waals surface area (Å²) >= 11 is 1.42. The van der Waals surface area contributed by atoms with Gasteiger partial charge in [-0.25, -0.2) is 14.4 Å². The third-order valence-corrected chi connectivity index (χ3v) is 5.97. The molecule has 0 fully saturated rings. The van der Waals surface area contributed by atoms with Gasteiger partial charge in [-0.1, -0.05) is 53.7 Å². The summed E-state index contributed by atoms with van der Waals surface area (Å²) in [6, 6.07) is 22.1. The lowest BCUT2D eigenvalue weighted by atomic mass is 10.2. The second-order valence-corrected chi connectivity index (χ2v) is 8.23. The number of nitrogens with zero attached hydrogens (tertiary/aromatic N) is 5. The molecule has 0 aliphatic heterocycles. The van der Waals surface area contributed by atoms with Crippen molar-refractivity contribution in [2.24, 2.45) is 0 Å². The Morgan fingerprint density at radius 3 is 2.47 bits per heavy atom. The largest absolute Gasteiger partial charge is 0.383 e. The first-order valence-electron chi connectivity index (χ1n) is 10.0. The fraction of sp³-hybridized carbons (Fsp3) is 0.0833. The molecule has 0 saturated carbocycles. The van der Waals surface area contributed by atoms with Crippen molar-refractivity contribution in [3.05, 3.63) is 90.0 Å². The van der Waals surface area contributed by atoms with Crippen molar-refractivity contribution in [1.82, 2.24) is 24.7 Å². The molecule has 32 heavy (non-hydrogen) atoms. The van der Waals surface area contributed by atoms with Crippen molar-refractivity contribution in [2.45, 2.75) is 17.8 Å². The Balaban J connectivity index is 1.54. The molecule has 3 aromatic carbocycles. The molecule has 0 unspecified atom stereocenters. The van der Waals surface area contributed by atoms with E-state index in [1.54, 1.807) is 18.2 Å². The lowest BCUT2D eigenvalue weighted by molar-refractivity contribution is 0.629. The molecule has 0 amide bonds. The highest BCUT2D eigenvalue weighted by Gasteiger charge is 2.19. The minimum atomic E-state index is -0.351. The molecule has 2 aromatic heterocycles. The Morgan fingerprint density at radius 2 is 1.66 bits per heavy atom. The topological polar surface area (TPSA) is 82.5 Å². The number of halogens is 1. The number of hydrogen-bond acceptors (Lipinski definition) is 6. The standard InChI is InChI=1S/C24H19FN6S/c1-15-10-12-16(13-11-15)31-23(17-6-2-4-8-19(17)25)29-30-24(31)32-14-21-27-20-9-5-3-7-18(20)22(26)28-21/h2-13H,14H2,1H3,(H2,26,27,28). The first kappa shape index (κ1) is 20.1. The van der Waals surface area contributed by atoms with Gasteiger partial charge in [0.15, 0.2) is 11.0 Å². The monoisotopic (exact) mass is 442 g/mol. The van der Waals surface area contributed by atoms with Gasteiger partial charge in [-0.2, -0.15) is 0 Å². The van der Waals surface area contributed by atoms with Crippen LogP contribution < -0.4 is 5.73 Å². The van der Waals surface area contributed by atoms with Crippen LogP contribution in [0.25, 0.3) is 28.0 Å². The average Bonchev–Trinajstić information content (AvgIpc) is 3.22. The van der Waals surface area contributed by atoms with Crippen LogP contribution in [0.5, 0.6) is 0 Å². The van der Waals surface area contributed by atoms with E-state index in [1.807, 2.05) is 60.0 Å². The molecule has 0 atom stereocenters. The highest BCUT2D eigenvalue weighted by atomic mass is 32.2. The maximum Gasteiger partial charge on any atom is 0.196 e. The smallest absolute Gasteiger partial charge is 0.196 e. The minimum Gasteiger partial charge on any atom is -0.383 e. The maximum absolute atomic E-state index is 14.6. The first-order chi connectivity index (χ1) is 15.6. The summed E-state index contributed by atoms with van der Waals surface area (Å²) < 4.78 is 16.4. The van der Waals surface area contributed by atoms with Gasteiger partial charge in [-0.05, 0) is 43.3 Å². The van der Waals surface area contributed by atoms with Crippen molar-refractivity contribution in [2.75, 3.05) is 5.73 Å². The average molecular weight is 443 g/mol. The molecular weight excluding hydrogens is 423 g/mol. The van der Waals surface area contributed by atoms with Crippen LogP contribution in [0.2, 0.25) is 0 Å². The Bertz CT molecular complexity index is 1410. The molecule has 0 spiro atoms. The molecule has 5 rings (SSSR count). The summed E-state index contributed by atoms with van der Waals surface area (Å²) in [5.74, 6) is 1.57. The summed E-state index contributed by atoms with van der Waals surface area (Å²) in [5, 5.41) is 10.1. The zero-order chi connectivity index (χ0) is 22.1. The van der Waals surface area contributed by atoms with E-state index >= 15 is 0 Å². The zero-order valence-corrected chi connectivity index (χ0v) is 18.1. The number of hydrogen-bond donors (Lipinski definition) is 1. The van der Waals surface area contributed by atoms with Gasteiger partial charge in [-0.3, -0.25) is 4.57 Å². The summed E-state index contributed by atoms with van der Waals surface area (Å²) in [4.78, 5) is 9.05. The molecule has 5 aromatic rings. The van der Waals surface area contributed by atoms with E-state index in [0.29, 0.717) is 33.9 Å². The van der Waals surface area contributed by atoms with Gasteiger partial charge in [0.1, 0.15) is 17.5 Å². The van der Waals surface area contributed by atoms with E-state index in [-0.39, 0.29) is 5.82 Å². The van der Waals surface area contributed by atoms with Crippen molar-refractivity contribution in [1.29, 1.82) is 0 Å². The van der Waals surface area contributed by atoms with E-state index in [4.69, 9.17) is 5.73 Å². The second kappa shape index (κ2) is 8.39. The van der Waals surface area contributed by atoms with Crippen LogP contribution in [0.15, 0.2) is 78.0 Å². The number of rotatable bonds is 5. The van der Waals surface area contributed by atoms with Crippen LogP contribution in [-0.2, 0) is 5.75 Å². The van der Waals surface area contributed by atoms with Gasteiger partial charge in [0.05, 0.1) is 16.8 Å². The van der Waals surface area contributed by atoms with E-state index in [0.717, 1.165) is 22.2 Å². The molecular formula is C24H19FN6S. The van der Waals surface area contributed by atoms with Crippen molar-refractivity contribution >= 4 is 28.5 Å². The van der Waals surface area contributed by atoms with Crippen LogP contribution >= 0.6 is 11.8 Å². The SMILES string of the molecule is Cc1ccc(-n2c(SCc3nc(N)c4ccccc4n3)nnc2-c2ccccc2F)cc1. The van der Waals surface area contributed by atoms with Gasteiger partial charge in [0, 0.05) is 11.1 Å². The third-order valence-electron chi connectivity index (χ3n) is 5.05. The van der Waals surface area contributed by atoms with Gasteiger partial charge in [-0.15, -0.1) is 10.2 Å². The summed E-state index contributed by atoms with van der Waals surface area (Å²) in [7, 11) is 0. The lowest BCUT2D eigenvalue weighted by Crippen LogP contribution is -2.03. The first-order valence-corrected chi connectivity index (χ1v) is 11.0. The highest BCUT2D eigenvalue weighted by Crippen LogP contribution is 2.31. The number of para-hydroxylation sites is 1. The molecule has 0 aliphatic carbocycles. The van der Waals surface area contributed by atoms with Crippen LogP contribution in [0, 0.1) is 12.7 Å². The van der Waals surface area contributed by atoms with E-state index < -0.39 is 0 Å². The Kier molecular flexibility index (Phi) is 5.28. The Labute approximate surface area is 188 Å². The number of aromatic nitrogens is 5. The van der Waals surface area contributed by atoms with Crippen LogP contribution in [-0.4, -0.2) is 24.7 Å². The fourth-order valence-electron chi connectivity index (χ4n) is 3.45. The number of thioether (sulfide) groups is 1. The predicted molar refractivity (Wildman–Crippen MR) is 125 cm³/mol.